The summed E-state index contributed by atoms with van der Waals surface area (Å²) in [5, 5.41) is 10.1. The molecule has 1 heterocycles. The van der Waals surface area contributed by atoms with E-state index in [1.807, 2.05) is 0 Å². The number of benzene rings is 2. The highest BCUT2D eigenvalue weighted by Gasteiger charge is 2.26. The number of amides is 2. The molecular formula is C20H22ClN3O5S. The number of hydrogen-bond acceptors (Lipinski definition) is 5. The van der Waals surface area contributed by atoms with Crippen LogP contribution in [0.4, 0.5) is 0 Å². The monoisotopic (exact) mass is 451 g/mol. The number of phenolic OH excluding ortho intramolecular Hbond substituents is 1. The van der Waals surface area contributed by atoms with Crippen LogP contribution in [0.15, 0.2) is 53.4 Å². The Hall–Kier alpha value is -2.62. The third-order valence-electron chi connectivity index (χ3n) is 4.79. The van der Waals surface area contributed by atoms with Crippen LogP contribution >= 0.6 is 11.6 Å². The summed E-state index contributed by atoms with van der Waals surface area (Å²) in [4.78, 5) is 28.1. The number of carbonyl (C=O) groups excluding carboxylic acids is 2. The number of halogens is 1. The number of phenols is 1. The summed E-state index contributed by atoms with van der Waals surface area (Å²) in [5.74, 6) is -0.555. The van der Waals surface area contributed by atoms with Crippen molar-refractivity contribution < 1.29 is 23.1 Å². The van der Waals surface area contributed by atoms with Gasteiger partial charge in [-0.05, 0) is 30.3 Å². The highest BCUT2D eigenvalue weighted by atomic mass is 35.5. The normalized spacial score (nSPS) is 14.6. The molecule has 2 aromatic rings. The van der Waals surface area contributed by atoms with Gasteiger partial charge in [0.05, 0.1) is 10.5 Å². The molecule has 10 heteroatoms. The summed E-state index contributed by atoms with van der Waals surface area (Å²) in [6.07, 6.45) is 0.00716. The van der Waals surface area contributed by atoms with Crippen molar-refractivity contribution in [3.63, 3.8) is 0 Å². The van der Waals surface area contributed by atoms with E-state index in [1.165, 1.54) is 24.3 Å². The Labute approximate surface area is 180 Å². The lowest BCUT2D eigenvalue weighted by atomic mass is 10.1. The average Bonchev–Trinajstić information content (AvgIpc) is 2.73. The molecule has 0 bridgehead atoms. The molecular weight excluding hydrogens is 430 g/mol. The van der Waals surface area contributed by atoms with Crippen LogP contribution in [0, 0.1) is 0 Å². The second kappa shape index (κ2) is 9.46. The fourth-order valence-corrected chi connectivity index (χ4v) is 4.48. The number of nitrogens with one attached hydrogen (secondary N) is 1. The van der Waals surface area contributed by atoms with Crippen LogP contribution in [0.5, 0.6) is 5.75 Å². The summed E-state index contributed by atoms with van der Waals surface area (Å²) >= 11 is 5.82. The second-order valence-electron chi connectivity index (χ2n) is 6.80. The van der Waals surface area contributed by atoms with Gasteiger partial charge in [-0.3, -0.25) is 9.59 Å². The van der Waals surface area contributed by atoms with Gasteiger partial charge in [0.2, 0.25) is 15.9 Å². The lowest BCUT2D eigenvalue weighted by molar-refractivity contribution is -0.132. The van der Waals surface area contributed by atoms with Gasteiger partial charge in [-0.1, -0.05) is 29.8 Å². The van der Waals surface area contributed by atoms with Crippen molar-refractivity contribution in [1.29, 1.82) is 0 Å². The van der Waals surface area contributed by atoms with Gasteiger partial charge in [0, 0.05) is 44.2 Å². The first-order valence-electron chi connectivity index (χ1n) is 9.38. The predicted octanol–water partition coefficient (Wildman–Crippen LogP) is 1.70. The average molecular weight is 452 g/mol. The number of aromatic hydroxyl groups is 1. The Morgan fingerprint density at radius 3 is 2.33 bits per heavy atom. The van der Waals surface area contributed by atoms with Crippen LogP contribution in [0.2, 0.25) is 5.02 Å². The standard InChI is InChI=1S/C20H22ClN3O5S/c21-15-4-3-5-16(14-15)30(28,29)22-9-8-19(26)23-10-12-24(13-11-23)20(27)17-6-1-2-7-18(17)25/h1-7,14,22,25H,8-13H2. The van der Waals surface area contributed by atoms with Gasteiger partial charge >= 0.3 is 0 Å². The second-order valence-corrected chi connectivity index (χ2v) is 9.00. The summed E-state index contributed by atoms with van der Waals surface area (Å²) in [5.41, 5.74) is 0.229. The maximum atomic E-state index is 12.5. The lowest BCUT2D eigenvalue weighted by Crippen LogP contribution is -2.51. The number of rotatable bonds is 6. The molecule has 1 saturated heterocycles. The fraction of sp³-hybridized carbons (Fsp3) is 0.300. The van der Waals surface area contributed by atoms with E-state index in [1.54, 1.807) is 34.1 Å². The van der Waals surface area contributed by atoms with E-state index >= 15 is 0 Å². The van der Waals surface area contributed by atoms with E-state index in [-0.39, 0.29) is 41.0 Å². The number of sulfonamides is 1. The van der Waals surface area contributed by atoms with Crippen molar-refractivity contribution >= 4 is 33.4 Å². The van der Waals surface area contributed by atoms with E-state index in [9.17, 15) is 23.1 Å². The Morgan fingerprint density at radius 1 is 1.00 bits per heavy atom. The zero-order valence-corrected chi connectivity index (χ0v) is 17.7. The largest absolute Gasteiger partial charge is 0.507 e. The van der Waals surface area contributed by atoms with E-state index < -0.39 is 10.0 Å². The van der Waals surface area contributed by atoms with Crippen molar-refractivity contribution in [1.82, 2.24) is 14.5 Å². The zero-order chi connectivity index (χ0) is 21.7. The molecule has 1 fully saturated rings. The summed E-state index contributed by atoms with van der Waals surface area (Å²) in [7, 11) is -3.75. The van der Waals surface area contributed by atoms with Gasteiger partial charge in [0.25, 0.3) is 5.91 Å². The molecule has 1 aliphatic heterocycles. The first-order chi connectivity index (χ1) is 14.3. The minimum absolute atomic E-state index is 0.00716. The molecule has 0 aromatic heterocycles. The third kappa shape index (κ3) is 5.29. The molecule has 0 radical (unpaired) electrons. The van der Waals surface area contributed by atoms with E-state index in [0.29, 0.717) is 31.2 Å². The number of nitrogens with zero attached hydrogens (tertiary/aromatic N) is 2. The maximum Gasteiger partial charge on any atom is 0.257 e. The lowest BCUT2D eigenvalue weighted by Gasteiger charge is -2.35. The minimum atomic E-state index is -3.75. The molecule has 0 atom stereocenters. The predicted molar refractivity (Wildman–Crippen MR) is 112 cm³/mol. The zero-order valence-electron chi connectivity index (χ0n) is 16.1. The van der Waals surface area contributed by atoms with Crippen LogP contribution in [-0.2, 0) is 14.8 Å². The van der Waals surface area contributed by atoms with Gasteiger partial charge < -0.3 is 14.9 Å². The Morgan fingerprint density at radius 2 is 1.67 bits per heavy atom. The van der Waals surface area contributed by atoms with E-state index in [0.717, 1.165) is 0 Å². The molecule has 30 heavy (non-hydrogen) atoms. The maximum absolute atomic E-state index is 12.5. The van der Waals surface area contributed by atoms with Crippen molar-refractivity contribution in [2.45, 2.75) is 11.3 Å². The smallest absolute Gasteiger partial charge is 0.257 e. The van der Waals surface area contributed by atoms with Crippen LogP contribution in [-0.4, -0.2) is 67.9 Å². The molecule has 0 aliphatic carbocycles. The van der Waals surface area contributed by atoms with Crippen molar-refractivity contribution in [3.8, 4) is 5.75 Å². The topological polar surface area (TPSA) is 107 Å². The highest BCUT2D eigenvalue weighted by molar-refractivity contribution is 7.89. The first-order valence-corrected chi connectivity index (χ1v) is 11.2. The van der Waals surface area contributed by atoms with Gasteiger partial charge in [0.1, 0.15) is 5.75 Å². The third-order valence-corrected chi connectivity index (χ3v) is 6.49. The molecule has 3 rings (SSSR count). The van der Waals surface area contributed by atoms with Crippen LogP contribution in [0.25, 0.3) is 0 Å². The highest BCUT2D eigenvalue weighted by Crippen LogP contribution is 2.19. The number of hydrogen-bond donors (Lipinski definition) is 2. The molecule has 8 nitrogen and oxygen atoms in total. The fourth-order valence-electron chi connectivity index (χ4n) is 3.15. The molecule has 0 saturated carbocycles. The molecule has 160 valence electrons. The molecule has 0 spiro atoms. The van der Waals surface area contributed by atoms with Crippen molar-refractivity contribution in [3.05, 3.63) is 59.1 Å². The number of carbonyl (C=O) groups is 2. The van der Waals surface area contributed by atoms with E-state index in [4.69, 9.17) is 11.6 Å². The molecule has 2 aromatic carbocycles. The first kappa shape index (κ1) is 22.1. The summed E-state index contributed by atoms with van der Waals surface area (Å²) < 4.78 is 26.9. The molecule has 2 amide bonds. The summed E-state index contributed by atoms with van der Waals surface area (Å²) in [6.45, 7) is 1.34. The quantitative estimate of drug-likeness (QED) is 0.695. The van der Waals surface area contributed by atoms with Crippen LogP contribution in [0.1, 0.15) is 16.8 Å². The minimum Gasteiger partial charge on any atom is -0.507 e. The van der Waals surface area contributed by atoms with Crippen molar-refractivity contribution in [2.75, 3.05) is 32.7 Å². The Kier molecular flexibility index (Phi) is 6.96. The number of piperazine rings is 1. The number of para-hydroxylation sites is 1. The van der Waals surface area contributed by atoms with Gasteiger partial charge in [-0.2, -0.15) is 0 Å². The molecule has 0 unspecified atom stereocenters. The van der Waals surface area contributed by atoms with Gasteiger partial charge in [0.15, 0.2) is 0 Å². The van der Waals surface area contributed by atoms with Crippen molar-refractivity contribution in [2.24, 2.45) is 0 Å². The Balaban J connectivity index is 1.48. The Bertz CT molecular complexity index is 1040. The summed E-state index contributed by atoms with van der Waals surface area (Å²) in [6, 6.07) is 12.2. The van der Waals surface area contributed by atoms with Gasteiger partial charge in [-0.15, -0.1) is 0 Å². The van der Waals surface area contributed by atoms with E-state index in [2.05, 4.69) is 4.72 Å². The van der Waals surface area contributed by atoms with Crippen LogP contribution in [0.3, 0.4) is 0 Å². The SMILES string of the molecule is O=C(CCNS(=O)(=O)c1cccc(Cl)c1)N1CCN(C(=O)c2ccccc2O)CC1. The van der Waals surface area contributed by atoms with Gasteiger partial charge in [-0.25, -0.2) is 13.1 Å². The molecule has 2 N–H and O–H groups in total. The van der Waals surface area contributed by atoms with Crippen LogP contribution < -0.4 is 4.72 Å². The molecule has 1 aliphatic rings.